The van der Waals surface area contributed by atoms with Gasteiger partial charge < -0.3 is 9.69 Å². The van der Waals surface area contributed by atoms with Crippen LogP contribution in [0.4, 0.5) is 5.69 Å². The van der Waals surface area contributed by atoms with Crippen molar-refractivity contribution in [1.82, 2.24) is 0 Å². The fraction of sp³-hybridized carbons (Fsp3) is 0.588. The van der Waals surface area contributed by atoms with Crippen LogP contribution in [-0.2, 0) is 4.79 Å². The Morgan fingerprint density at radius 1 is 1.26 bits per heavy atom. The average Bonchev–Trinajstić information content (AvgIpc) is 2.48. The third-order valence-electron chi connectivity index (χ3n) is 4.28. The Morgan fingerprint density at radius 3 is 2.42 bits per heavy atom. The predicted octanol–water partition coefficient (Wildman–Crippen LogP) is 4.01. The number of benzene rings is 1. The van der Waals surface area contributed by atoms with E-state index in [1.165, 1.54) is 24.1 Å². The summed E-state index contributed by atoms with van der Waals surface area (Å²) in [5.74, 6) is 0.931. The molecule has 1 fully saturated rings. The second-order valence-corrected chi connectivity index (χ2v) is 5.74. The molecular weight excluding hydrogens is 234 g/mol. The maximum atomic E-state index is 10.8. The van der Waals surface area contributed by atoms with E-state index in [9.17, 15) is 4.79 Å². The molecule has 1 aliphatic heterocycles. The molecule has 2 nitrogen and oxygen atoms in total. The fourth-order valence-corrected chi connectivity index (χ4v) is 2.91. The van der Waals surface area contributed by atoms with Gasteiger partial charge in [-0.05, 0) is 42.9 Å². The van der Waals surface area contributed by atoms with Crippen molar-refractivity contribution in [3.05, 3.63) is 29.8 Å². The molecule has 1 heterocycles. The second-order valence-electron chi connectivity index (χ2n) is 5.74. The van der Waals surface area contributed by atoms with Gasteiger partial charge in [0.2, 0.25) is 0 Å². The van der Waals surface area contributed by atoms with Crippen LogP contribution in [-0.4, -0.2) is 19.4 Å². The van der Waals surface area contributed by atoms with Crippen molar-refractivity contribution in [1.29, 1.82) is 0 Å². The molecule has 2 rings (SSSR count). The molecule has 1 aliphatic rings. The first-order valence-electron chi connectivity index (χ1n) is 7.54. The lowest BCUT2D eigenvalue weighted by molar-refractivity contribution is -0.111. The van der Waals surface area contributed by atoms with Crippen LogP contribution in [0.15, 0.2) is 24.3 Å². The predicted molar refractivity (Wildman–Crippen MR) is 80.8 cm³/mol. The highest BCUT2D eigenvalue weighted by atomic mass is 16.1. The molecule has 0 N–H and O–H groups in total. The molecule has 0 aliphatic carbocycles. The second kappa shape index (κ2) is 6.74. The number of anilines is 1. The molecule has 0 radical (unpaired) electrons. The van der Waals surface area contributed by atoms with Gasteiger partial charge in [-0.3, -0.25) is 0 Å². The molecule has 104 valence electrons. The fourth-order valence-electron chi connectivity index (χ4n) is 2.91. The van der Waals surface area contributed by atoms with Crippen molar-refractivity contribution >= 4 is 12.0 Å². The summed E-state index contributed by atoms with van der Waals surface area (Å²) >= 11 is 0. The van der Waals surface area contributed by atoms with Crippen molar-refractivity contribution in [2.45, 2.75) is 45.4 Å². The molecule has 0 bridgehead atoms. The molecular formula is C17H25NO. The lowest BCUT2D eigenvalue weighted by Gasteiger charge is -2.31. The highest BCUT2D eigenvalue weighted by molar-refractivity contribution is 5.55. The highest BCUT2D eigenvalue weighted by Crippen LogP contribution is 2.26. The Bertz CT molecular complexity index is 390. The van der Waals surface area contributed by atoms with Gasteiger partial charge in [0.15, 0.2) is 0 Å². The topological polar surface area (TPSA) is 20.3 Å². The number of hydrogen-bond acceptors (Lipinski definition) is 2. The third-order valence-corrected chi connectivity index (χ3v) is 4.28. The maximum absolute atomic E-state index is 10.8. The monoisotopic (exact) mass is 259 g/mol. The zero-order chi connectivity index (χ0) is 13.7. The number of rotatable bonds is 5. The number of aldehydes is 1. The first-order chi connectivity index (χ1) is 9.24. The molecule has 0 amide bonds. The largest absolute Gasteiger partial charge is 0.371 e. The normalized spacial score (nSPS) is 18.3. The lowest BCUT2D eigenvalue weighted by Crippen LogP contribution is -2.34. The molecule has 0 saturated carbocycles. The van der Waals surface area contributed by atoms with E-state index in [0.29, 0.717) is 5.92 Å². The highest BCUT2D eigenvalue weighted by Gasteiger charge is 2.18. The Morgan fingerprint density at radius 2 is 1.89 bits per heavy atom. The summed E-state index contributed by atoms with van der Waals surface area (Å²) in [6, 6.07) is 9.01. The van der Waals surface area contributed by atoms with Crippen molar-refractivity contribution < 1.29 is 4.79 Å². The van der Waals surface area contributed by atoms with E-state index in [4.69, 9.17) is 0 Å². The van der Waals surface area contributed by atoms with E-state index in [1.54, 1.807) is 0 Å². The van der Waals surface area contributed by atoms with Crippen LogP contribution in [0.3, 0.4) is 0 Å². The summed E-state index contributed by atoms with van der Waals surface area (Å²) < 4.78 is 0. The van der Waals surface area contributed by atoms with E-state index >= 15 is 0 Å². The van der Waals surface area contributed by atoms with Crippen LogP contribution in [0.1, 0.15) is 51.0 Å². The molecule has 0 aromatic heterocycles. The van der Waals surface area contributed by atoms with Gasteiger partial charge in [-0.1, -0.05) is 32.4 Å². The Kier molecular flexibility index (Phi) is 5.00. The first-order valence-corrected chi connectivity index (χ1v) is 7.54. The molecule has 1 atom stereocenters. The van der Waals surface area contributed by atoms with E-state index < -0.39 is 0 Å². The van der Waals surface area contributed by atoms with Gasteiger partial charge >= 0.3 is 0 Å². The molecule has 2 heteroatoms. The summed E-state index contributed by atoms with van der Waals surface area (Å²) in [7, 11) is 0. The molecule has 1 aromatic rings. The number of carbonyl (C=O) groups is 1. The van der Waals surface area contributed by atoms with E-state index in [1.807, 2.05) is 0 Å². The van der Waals surface area contributed by atoms with E-state index in [-0.39, 0.29) is 5.92 Å². The van der Waals surface area contributed by atoms with Gasteiger partial charge in [0.05, 0.1) is 0 Å². The zero-order valence-electron chi connectivity index (χ0n) is 12.1. The van der Waals surface area contributed by atoms with Gasteiger partial charge in [-0.15, -0.1) is 0 Å². The Hall–Kier alpha value is -1.31. The minimum Gasteiger partial charge on any atom is -0.371 e. The van der Waals surface area contributed by atoms with Crippen molar-refractivity contribution in [2.24, 2.45) is 5.92 Å². The van der Waals surface area contributed by atoms with Gasteiger partial charge in [-0.2, -0.15) is 0 Å². The van der Waals surface area contributed by atoms with E-state index in [2.05, 4.69) is 43.0 Å². The van der Waals surface area contributed by atoms with Crippen LogP contribution in [0.2, 0.25) is 0 Å². The molecule has 19 heavy (non-hydrogen) atoms. The summed E-state index contributed by atoms with van der Waals surface area (Å²) in [4.78, 5) is 13.2. The van der Waals surface area contributed by atoms with Crippen LogP contribution >= 0.6 is 0 Å². The van der Waals surface area contributed by atoms with E-state index in [0.717, 1.165) is 32.2 Å². The van der Waals surface area contributed by atoms with Crippen LogP contribution < -0.4 is 4.90 Å². The zero-order valence-corrected chi connectivity index (χ0v) is 12.1. The molecule has 1 aromatic carbocycles. The molecule has 1 saturated heterocycles. The summed E-state index contributed by atoms with van der Waals surface area (Å²) in [6.45, 7) is 6.55. The Balaban J connectivity index is 1.97. The van der Waals surface area contributed by atoms with Crippen molar-refractivity contribution in [3.63, 3.8) is 0 Å². The molecule has 1 unspecified atom stereocenters. The molecule has 0 spiro atoms. The van der Waals surface area contributed by atoms with Crippen molar-refractivity contribution in [3.8, 4) is 0 Å². The quantitative estimate of drug-likeness (QED) is 0.745. The SMILES string of the molecule is CCCC(C)c1ccc(N2CCC(C=O)CC2)cc1. The third kappa shape index (κ3) is 3.59. The standard InChI is InChI=1S/C17H25NO/c1-3-4-14(2)16-5-7-17(8-6-16)18-11-9-15(13-19)10-12-18/h5-8,13-15H,3-4,9-12H2,1-2H3. The summed E-state index contributed by atoms with van der Waals surface area (Å²) in [5.41, 5.74) is 2.74. The van der Waals surface area contributed by atoms with Crippen LogP contribution in [0.25, 0.3) is 0 Å². The number of hydrogen-bond donors (Lipinski definition) is 0. The minimum atomic E-state index is 0.278. The number of piperidine rings is 1. The summed E-state index contributed by atoms with van der Waals surface area (Å²) in [6.07, 6.45) is 5.61. The smallest absolute Gasteiger partial charge is 0.123 e. The number of nitrogens with zero attached hydrogens (tertiary/aromatic N) is 1. The van der Waals surface area contributed by atoms with Gasteiger partial charge in [0.25, 0.3) is 0 Å². The van der Waals surface area contributed by atoms with Gasteiger partial charge in [-0.25, -0.2) is 0 Å². The number of carbonyl (C=O) groups excluding carboxylic acids is 1. The summed E-state index contributed by atoms with van der Waals surface area (Å²) in [5, 5.41) is 0. The van der Waals surface area contributed by atoms with Crippen LogP contribution in [0.5, 0.6) is 0 Å². The van der Waals surface area contributed by atoms with Gasteiger partial charge in [0, 0.05) is 24.7 Å². The van der Waals surface area contributed by atoms with Crippen molar-refractivity contribution in [2.75, 3.05) is 18.0 Å². The van der Waals surface area contributed by atoms with Gasteiger partial charge in [0.1, 0.15) is 6.29 Å². The maximum Gasteiger partial charge on any atom is 0.123 e. The minimum absolute atomic E-state index is 0.278. The van der Waals surface area contributed by atoms with Crippen LogP contribution in [0, 0.1) is 5.92 Å². The first kappa shape index (κ1) is 14.1. The Labute approximate surface area is 116 Å². The average molecular weight is 259 g/mol. The lowest BCUT2D eigenvalue weighted by atomic mass is 9.95.